The van der Waals surface area contributed by atoms with Crippen LogP contribution in [0.3, 0.4) is 0 Å². The van der Waals surface area contributed by atoms with E-state index in [1.165, 1.54) is 19.3 Å². The summed E-state index contributed by atoms with van der Waals surface area (Å²) >= 11 is 3.46. The van der Waals surface area contributed by atoms with Gasteiger partial charge in [-0.05, 0) is 52.4 Å². The predicted molar refractivity (Wildman–Crippen MR) is 87.5 cm³/mol. The Labute approximate surface area is 135 Å². The van der Waals surface area contributed by atoms with Gasteiger partial charge < -0.3 is 15.6 Å². The molecule has 0 saturated heterocycles. The molecule has 114 valence electrons. The van der Waals surface area contributed by atoms with Gasteiger partial charge in [-0.1, -0.05) is 25.3 Å². The molecule has 0 radical (unpaired) electrons. The molecule has 0 heterocycles. The number of nitrogens with two attached hydrogens (primary N) is 1. The molecule has 20 heavy (non-hydrogen) atoms. The van der Waals surface area contributed by atoms with E-state index >= 15 is 0 Å². The van der Waals surface area contributed by atoms with Crippen molar-refractivity contribution >= 4 is 28.3 Å². The number of hydrogen-bond donors (Lipinski definition) is 2. The molecule has 2 rings (SSSR count). The van der Waals surface area contributed by atoms with Gasteiger partial charge in [0.15, 0.2) is 0 Å². The van der Waals surface area contributed by atoms with E-state index in [1.807, 2.05) is 18.2 Å². The van der Waals surface area contributed by atoms with E-state index in [1.54, 1.807) is 7.11 Å². The Morgan fingerprint density at radius 2 is 1.95 bits per heavy atom. The molecule has 0 bridgehead atoms. The molecule has 1 aromatic carbocycles. The van der Waals surface area contributed by atoms with Crippen molar-refractivity contribution in [2.75, 3.05) is 7.11 Å². The van der Waals surface area contributed by atoms with Crippen molar-refractivity contribution in [3.8, 4) is 5.75 Å². The molecule has 3 N–H and O–H groups in total. The number of rotatable bonds is 4. The van der Waals surface area contributed by atoms with Crippen molar-refractivity contribution in [1.29, 1.82) is 0 Å². The number of hydrogen-bond acceptors (Lipinski definition) is 3. The third kappa shape index (κ3) is 4.10. The summed E-state index contributed by atoms with van der Waals surface area (Å²) in [5, 5.41) is 10.4. The van der Waals surface area contributed by atoms with Crippen molar-refractivity contribution in [3.05, 3.63) is 28.2 Å². The van der Waals surface area contributed by atoms with E-state index < -0.39 is 6.10 Å². The van der Waals surface area contributed by atoms with E-state index in [9.17, 15) is 5.11 Å². The smallest absolute Gasteiger partial charge is 0.133 e. The Balaban J connectivity index is 0.00000200. The second-order valence-electron chi connectivity index (χ2n) is 5.31. The molecule has 1 saturated carbocycles. The number of benzene rings is 1. The lowest BCUT2D eigenvalue weighted by Gasteiger charge is -2.30. The summed E-state index contributed by atoms with van der Waals surface area (Å²) in [5.41, 5.74) is 7.17. The zero-order chi connectivity index (χ0) is 13.8. The van der Waals surface area contributed by atoms with Crippen LogP contribution < -0.4 is 10.5 Å². The third-order valence-corrected chi connectivity index (χ3v) is 4.68. The van der Waals surface area contributed by atoms with Gasteiger partial charge in [-0.15, -0.1) is 12.4 Å². The molecule has 2 atom stereocenters. The van der Waals surface area contributed by atoms with Gasteiger partial charge in [0.1, 0.15) is 5.75 Å². The molecule has 1 fully saturated rings. The molecule has 3 nitrogen and oxygen atoms in total. The fourth-order valence-corrected chi connectivity index (χ4v) is 3.41. The quantitative estimate of drug-likeness (QED) is 0.854. The SMILES string of the molecule is COc1ccc([C@@H](N)[C@@H](O)C2CCCCC2)cc1Br.Cl. The zero-order valence-electron chi connectivity index (χ0n) is 11.7. The molecule has 0 unspecified atom stereocenters. The first-order chi connectivity index (χ1) is 9.13. The van der Waals surface area contributed by atoms with Gasteiger partial charge in [0.05, 0.1) is 23.7 Å². The van der Waals surface area contributed by atoms with Gasteiger partial charge in [0, 0.05) is 0 Å². The summed E-state index contributed by atoms with van der Waals surface area (Å²) in [5.74, 6) is 1.12. The highest BCUT2D eigenvalue weighted by atomic mass is 79.9. The third-order valence-electron chi connectivity index (χ3n) is 4.06. The fraction of sp³-hybridized carbons (Fsp3) is 0.600. The molecule has 1 aliphatic carbocycles. The van der Waals surface area contributed by atoms with Crippen LogP contribution in [0.2, 0.25) is 0 Å². The Morgan fingerprint density at radius 3 is 2.50 bits per heavy atom. The molecule has 0 aliphatic heterocycles. The highest BCUT2D eigenvalue weighted by Gasteiger charge is 2.27. The number of halogens is 2. The van der Waals surface area contributed by atoms with Gasteiger partial charge >= 0.3 is 0 Å². The van der Waals surface area contributed by atoms with Crippen LogP contribution in [0.5, 0.6) is 5.75 Å². The van der Waals surface area contributed by atoms with Crippen molar-refractivity contribution in [1.82, 2.24) is 0 Å². The standard InChI is InChI=1S/C15H22BrNO2.ClH/c1-19-13-8-7-11(9-12(13)16)14(17)15(18)10-5-3-2-4-6-10;/h7-10,14-15,18H,2-6,17H2,1H3;1H/t14-,15+;/m1./s1. The van der Waals surface area contributed by atoms with Crippen molar-refractivity contribution < 1.29 is 9.84 Å². The van der Waals surface area contributed by atoms with Crippen LogP contribution in [-0.4, -0.2) is 18.3 Å². The van der Waals surface area contributed by atoms with Crippen LogP contribution in [0.25, 0.3) is 0 Å². The summed E-state index contributed by atoms with van der Waals surface area (Å²) in [6, 6.07) is 5.42. The fourth-order valence-electron chi connectivity index (χ4n) is 2.86. The van der Waals surface area contributed by atoms with Gasteiger partial charge in [-0.3, -0.25) is 0 Å². The average Bonchev–Trinajstić information content (AvgIpc) is 2.46. The minimum Gasteiger partial charge on any atom is -0.496 e. The Hall–Kier alpha value is -0.290. The topological polar surface area (TPSA) is 55.5 Å². The molecular weight excluding hydrogens is 342 g/mol. The van der Waals surface area contributed by atoms with Gasteiger partial charge in [0.25, 0.3) is 0 Å². The highest BCUT2D eigenvalue weighted by molar-refractivity contribution is 9.10. The van der Waals surface area contributed by atoms with Crippen LogP contribution in [0.4, 0.5) is 0 Å². The molecular formula is C15H23BrClNO2. The van der Waals surface area contributed by atoms with Gasteiger partial charge in [0.2, 0.25) is 0 Å². The lowest BCUT2D eigenvalue weighted by molar-refractivity contribution is 0.0618. The first kappa shape index (κ1) is 17.8. The maximum absolute atomic E-state index is 10.4. The summed E-state index contributed by atoms with van der Waals surface area (Å²) < 4.78 is 6.08. The minimum atomic E-state index is -0.458. The highest BCUT2D eigenvalue weighted by Crippen LogP contribution is 2.33. The minimum absolute atomic E-state index is 0. The van der Waals surface area contributed by atoms with Crippen LogP contribution >= 0.6 is 28.3 Å². The Kier molecular flexibility index (Phi) is 7.30. The lowest BCUT2D eigenvalue weighted by Crippen LogP contribution is -2.34. The average molecular weight is 365 g/mol. The zero-order valence-corrected chi connectivity index (χ0v) is 14.1. The second-order valence-corrected chi connectivity index (χ2v) is 6.16. The van der Waals surface area contributed by atoms with E-state index in [0.29, 0.717) is 5.92 Å². The molecule has 1 aromatic rings. The Morgan fingerprint density at radius 1 is 1.30 bits per heavy atom. The Bertz CT molecular complexity index is 424. The molecule has 5 heteroatoms. The van der Waals surface area contributed by atoms with E-state index in [2.05, 4.69) is 15.9 Å². The molecule has 0 spiro atoms. The van der Waals surface area contributed by atoms with Crippen molar-refractivity contribution in [2.45, 2.75) is 44.2 Å². The van der Waals surface area contributed by atoms with Crippen LogP contribution in [-0.2, 0) is 0 Å². The molecule has 0 amide bonds. The number of aliphatic hydroxyl groups excluding tert-OH is 1. The number of methoxy groups -OCH3 is 1. The number of aliphatic hydroxyl groups is 1. The van der Waals surface area contributed by atoms with Crippen LogP contribution in [0, 0.1) is 5.92 Å². The number of ether oxygens (including phenoxy) is 1. The summed E-state index contributed by atoms with van der Waals surface area (Å²) in [4.78, 5) is 0. The largest absolute Gasteiger partial charge is 0.496 e. The lowest BCUT2D eigenvalue weighted by atomic mass is 9.81. The van der Waals surface area contributed by atoms with Gasteiger partial charge in [-0.25, -0.2) is 0 Å². The first-order valence-electron chi connectivity index (χ1n) is 6.90. The summed E-state index contributed by atoms with van der Waals surface area (Å²) in [7, 11) is 1.64. The van der Waals surface area contributed by atoms with Crippen LogP contribution in [0.1, 0.15) is 43.7 Å². The summed E-state index contributed by atoms with van der Waals surface area (Å²) in [6.07, 6.45) is 5.42. The normalized spacial score (nSPS) is 19.0. The van der Waals surface area contributed by atoms with Crippen molar-refractivity contribution in [3.63, 3.8) is 0 Å². The second kappa shape index (κ2) is 8.23. The first-order valence-corrected chi connectivity index (χ1v) is 7.70. The maximum Gasteiger partial charge on any atom is 0.133 e. The maximum atomic E-state index is 10.4. The molecule has 0 aromatic heterocycles. The van der Waals surface area contributed by atoms with Gasteiger partial charge in [-0.2, -0.15) is 0 Å². The van der Waals surface area contributed by atoms with Crippen LogP contribution in [0.15, 0.2) is 22.7 Å². The monoisotopic (exact) mass is 363 g/mol. The van der Waals surface area contributed by atoms with E-state index in [0.717, 1.165) is 28.6 Å². The van der Waals surface area contributed by atoms with E-state index in [-0.39, 0.29) is 18.4 Å². The molecule has 1 aliphatic rings. The van der Waals surface area contributed by atoms with Crippen molar-refractivity contribution in [2.24, 2.45) is 11.7 Å². The summed E-state index contributed by atoms with van der Waals surface area (Å²) in [6.45, 7) is 0. The predicted octanol–water partition coefficient (Wildman–Crippen LogP) is 3.82. The van der Waals surface area contributed by atoms with E-state index in [4.69, 9.17) is 10.5 Å².